The van der Waals surface area contributed by atoms with Crippen LogP contribution in [0.3, 0.4) is 0 Å². The van der Waals surface area contributed by atoms with Crippen molar-refractivity contribution in [2.75, 3.05) is 13.6 Å². The van der Waals surface area contributed by atoms with Gasteiger partial charge < -0.3 is 10.0 Å². The third kappa shape index (κ3) is 2.28. The molecule has 0 aromatic rings. The minimum atomic E-state index is -1.44. The van der Waals surface area contributed by atoms with Crippen molar-refractivity contribution in [1.29, 1.82) is 0 Å². The van der Waals surface area contributed by atoms with Gasteiger partial charge in [-0.25, -0.2) is 4.79 Å². The molecule has 0 radical (unpaired) electrons. The minimum Gasteiger partial charge on any atom is -0.476 e. The Labute approximate surface area is 76.8 Å². The molecule has 1 atom stereocenters. The lowest BCUT2D eigenvalue weighted by molar-refractivity contribution is -0.134. The van der Waals surface area contributed by atoms with E-state index in [0.29, 0.717) is 18.4 Å². The molecule has 1 fully saturated rings. The van der Waals surface area contributed by atoms with Gasteiger partial charge in [0.25, 0.3) is 0 Å². The van der Waals surface area contributed by atoms with E-state index in [4.69, 9.17) is 5.11 Å². The van der Waals surface area contributed by atoms with Gasteiger partial charge >= 0.3 is 5.97 Å². The second-order valence-electron chi connectivity index (χ2n) is 3.51. The normalized spacial score (nSPS) is 28.7. The van der Waals surface area contributed by atoms with Gasteiger partial charge in [0.05, 0.1) is 0 Å². The zero-order chi connectivity index (χ0) is 10.0. The van der Waals surface area contributed by atoms with E-state index in [1.807, 2.05) is 14.0 Å². The van der Waals surface area contributed by atoms with Crippen LogP contribution in [0.25, 0.3) is 0 Å². The SMILES string of the molecule is CC1CC(=C(F)C(=O)O)CCN1C. The lowest BCUT2D eigenvalue weighted by atomic mass is 9.97. The molecule has 0 saturated carbocycles. The largest absolute Gasteiger partial charge is 0.476 e. The first-order chi connectivity index (χ1) is 6.02. The molecule has 0 aromatic carbocycles. The van der Waals surface area contributed by atoms with Crippen LogP contribution in [-0.4, -0.2) is 35.6 Å². The maximum Gasteiger partial charge on any atom is 0.364 e. The highest BCUT2D eigenvalue weighted by Crippen LogP contribution is 2.24. The molecule has 0 amide bonds. The number of piperidine rings is 1. The van der Waals surface area contributed by atoms with Crippen LogP contribution in [0.2, 0.25) is 0 Å². The lowest BCUT2D eigenvalue weighted by Gasteiger charge is -2.31. The third-order valence-corrected chi connectivity index (χ3v) is 2.56. The molecule has 13 heavy (non-hydrogen) atoms. The molecule has 1 rings (SSSR count). The maximum atomic E-state index is 13.0. The third-order valence-electron chi connectivity index (χ3n) is 2.56. The second kappa shape index (κ2) is 3.87. The number of hydrogen-bond acceptors (Lipinski definition) is 2. The summed E-state index contributed by atoms with van der Waals surface area (Å²) in [4.78, 5) is 12.4. The Morgan fingerprint density at radius 2 is 2.31 bits per heavy atom. The molecule has 1 aliphatic heterocycles. The summed E-state index contributed by atoms with van der Waals surface area (Å²) in [7, 11) is 1.96. The summed E-state index contributed by atoms with van der Waals surface area (Å²) >= 11 is 0. The van der Waals surface area contributed by atoms with E-state index >= 15 is 0 Å². The molecule has 1 heterocycles. The van der Waals surface area contributed by atoms with Gasteiger partial charge in [0.1, 0.15) is 0 Å². The van der Waals surface area contributed by atoms with Crippen LogP contribution < -0.4 is 0 Å². The smallest absolute Gasteiger partial charge is 0.364 e. The predicted octanol–water partition coefficient (Wildman–Crippen LogP) is 1.41. The quantitative estimate of drug-likeness (QED) is 0.631. The van der Waals surface area contributed by atoms with Gasteiger partial charge in [-0.15, -0.1) is 0 Å². The molecule has 4 heteroatoms. The Morgan fingerprint density at radius 3 is 2.77 bits per heavy atom. The van der Waals surface area contributed by atoms with E-state index < -0.39 is 11.8 Å². The van der Waals surface area contributed by atoms with E-state index in [-0.39, 0.29) is 6.04 Å². The molecule has 74 valence electrons. The van der Waals surface area contributed by atoms with Crippen LogP contribution in [0, 0.1) is 0 Å². The Hall–Kier alpha value is -0.900. The first kappa shape index (κ1) is 10.2. The van der Waals surface area contributed by atoms with Gasteiger partial charge in [0.2, 0.25) is 5.83 Å². The number of rotatable bonds is 1. The highest BCUT2D eigenvalue weighted by Gasteiger charge is 2.23. The maximum absolute atomic E-state index is 13.0. The molecule has 3 nitrogen and oxygen atoms in total. The summed E-state index contributed by atoms with van der Waals surface area (Å²) in [6.45, 7) is 2.70. The first-order valence-electron chi connectivity index (χ1n) is 4.33. The van der Waals surface area contributed by atoms with Crippen LogP contribution in [0.1, 0.15) is 19.8 Å². The number of likely N-dealkylation sites (tertiary alicyclic amines) is 1. The van der Waals surface area contributed by atoms with Crippen LogP contribution >= 0.6 is 0 Å². The molecule has 1 saturated heterocycles. The van der Waals surface area contributed by atoms with Crippen molar-refractivity contribution in [2.45, 2.75) is 25.8 Å². The van der Waals surface area contributed by atoms with Gasteiger partial charge in [0, 0.05) is 12.6 Å². The van der Waals surface area contributed by atoms with E-state index in [1.165, 1.54) is 0 Å². The van der Waals surface area contributed by atoms with Crippen molar-refractivity contribution >= 4 is 5.97 Å². The standard InChI is InChI=1S/C9H14FNO2/c1-6-5-7(3-4-11(6)2)8(10)9(12)13/h6H,3-5H2,1-2H3,(H,12,13). The summed E-state index contributed by atoms with van der Waals surface area (Å²) in [6, 6.07) is 0.230. The highest BCUT2D eigenvalue weighted by atomic mass is 19.1. The molecule has 0 aliphatic carbocycles. The Bertz CT molecular complexity index is 250. The van der Waals surface area contributed by atoms with Crippen LogP contribution in [-0.2, 0) is 4.79 Å². The van der Waals surface area contributed by atoms with Crippen LogP contribution in [0.4, 0.5) is 4.39 Å². The predicted molar refractivity (Wildman–Crippen MR) is 47.1 cm³/mol. The van der Waals surface area contributed by atoms with Crippen LogP contribution in [0.15, 0.2) is 11.4 Å². The van der Waals surface area contributed by atoms with Crippen molar-refractivity contribution in [3.8, 4) is 0 Å². The number of hydrogen-bond donors (Lipinski definition) is 1. The average molecular weight is 187 g/mol. The first-order valence-corrected chi connectivity index (χ1v) is 4.33. The highest BCUT2D eigenvalue weighted by molar-refractivity contribution is 5.84. The topological polar surface area (TPSA) is 40.5 Å². The molecule has 0 spiro atoms. The van der Waals surface area contributed by atoms with Gasteiger partial charge in [0.15, 0.2) is 0 Å². The van der Waals surface area contributed by atoms with E-state index in [1.54, 1.807) is 0 Å². The van der Waals surface area contributed by atoms with Gasteiger partial charge in [-0.2, -0.15) is 4.39 Å². The van der Waals surface area contributed by atoms with E-state index in [9.17, 15) is 9.18 Å². The summed E-state index contributed by atoms with van der Waals surface area (Å²) in [5.41, 5.74) is 0.443. The van der Waals surface area contributed by atoms with Crippen molar-refractivity contribution in [1.82, 2.24) is 4.90 Å². The van der Waals surface area contributed by atoms with Gasteiger partial charge in [-0.3, -0.25) is 0 Å². The molecule has 1 N–H and O–H groups in total. The molecule has 1 aliphatic rings. The number of nitrogens with zero attached hydrogens (tertiary/aromatic N) is 1. The van der Waals surface area contributed by atoms with E-state index in [0.717, 1.165) is 6.54 Å². The van der Waals surface area contributed by atoms with E-state index in [2.05, 4.69) is 4.90 Å². The molecular weight excluding hydrogens is 173 g/mol. The van der Waals surface area contributed by atoms with Crippen molar-refractivity contribution in [3.05, 3.63) is 11.4 Å². The molecular formula is C9H14FNO2. The molecule has 1 unspecified atom stereocenters. The summed E-state index contributed by atoms with van der Waals surface area (Å²) < 4.78 is 13.0. The fourth-order valence-corrected chi connectivity index (χ4v) is 1.50. The van der Waals surface area contributed by atoms with Gasteiger partial charge in [-0.05, 0) is 32.4 Å². The number of aliphatic carboxylic acids is 1. The van der Waals surface area contributed by atoms with Crippen molar-refractivity contribution < 1.29 is 14.3 Å². The summed E-state index contributed by atoms with van der Waals surface area (Å²) in [6.07, 6.45) is 1.05. The fourth-order valence-electron chi connectivity index (χ4n) is 1.50. The number of carboxylic acids is 1. The molecule has 0 bridgehead atoms. The number of halogens is 1. The lowest BCUT2D eigenvalue weighted by Crippen LogP contribution is -2.35. The van der Waals surface area contributed by atoms with Crippen molar-refractivity contribution in [2.24, 2.45) is 0 Å². The van der Waals surface area contributed by atoms with Crippen molar-refractivity contribution in [3.63, 3.8) is 0 Å². The fraction of sp³-hybridized carbons (Fsp3) is 0.667. The Morgan fingerprint density at radius 1 is 1.69 bits per heavy atom. The minimum absolute atomic E-state index is 0.230. The number of carbonyl (C=O) groups is 1. The second-order valence-corrected chi connectivity index (χ2v) is 3.51. The zero-order valence-electron chi connectivity index (χ0n) is 7.88. The Balaban J connectivity index is 2.75. The summed E-state index contributed by atoms with van der Waals surface area (Å²) in [5.74, 6) is -2.40. The Kier molecular flexibility index (Phi) is 3.03. The summed E-state index contributed by atoms with van der Waals surface area (Å²) in [5, 5.41) is 8.44. The molecule has 0 aromatic heterocycles. The number of carboxylic acid groups (broad SMARTS) is 1. The van der Waals surface area contributed by atoms with Crippen LogP contribution in [0.5, 0.6) is 0 Å². The van der Waals surface area contributed by atoms with Gasteiger partial charge in [-0.1, -0.05) is 0 Å². The zero-order valence-corrected chi connectivity index (χ0v) is 7.88. The monoisotopic (exact) mass is 187 g/mol. The average Bonchev–Trinajstić information content (AvgIpc) is 2.08.